The normalized spacial score (nSPS) is 14.8. The molecule has 0 aromatic carbocycles. The van der Waals surface area contributed by atoms with Crippen LogP contribution in [-0.4, -0.2) is 52.3 Å². The van der Waals surface area contributed by atoms with Crippen molar-refractivity contribution in [1.29, 1.82) is 0 Å². The molecule has 7 nitrogen and oxygen atoms in total. The van der Waals surface area contributed by atoms with Gasteiger partial charge in [-0.2, -0.15) is 0 Å². The van der Waals surface area contributed by atoms with Gasteiger partial charge in [0.25, 0.3) is 0 Å². The van der Waals surface area contributed by atoms with Crippen LogP contribution in [0.2, 0.25) is 0 Å². The number of hydrogen-bond acceptors (Lipinski definition) is 4. The number of nitrogens with zero attached hydrogens (tertiary/aromatic N) is 4. The van der Waals surface area contributed by atoms with Crippen molar-refractivity contribution >= 4 is 52.1 Å². The molecule has 9 heteroatoms. The minimum absolute atomic E-state index is 0. The number of likely N-dealkylation sites (tertiary alicyclic amines) is 1. The van der Waals surface area contributed by atoms with E-state index in [0.717, 1.165) is 55.6 Å². The topological polar surface area (TPSA) is 74.0 Å². The fourth-order valence-corrected chi connectivity index (χ4v) is 3.49. The van der Waals surface area contributed by atoms with Gasteiger partial charge in [0.15, 0.2) is 10.9 Å². The molecule has 1 saturated heterocycles. The number of hydrogen-bond donors (Lipinski definition) is 2. The summed E-state index contributed by atoms with van der Waals surface area (Å²) >= 11 is 1.62. The van der Waals surface area contributed by atoms with Gasteiger partial charge in [-0.05, 0) is 19.8 Å². The maximum Gasteiger partial charge on any atom is 0.222 e. The average molecular weight is 476 g/mol. The first kappa shape index (κ1) is 20.0. The van der Waals surface area contributed by atoms with Crippen LogP contribution in [0.5, 0.6) is 0 Å². The molecule has 1 fully saturated rings. The zero-order valence-electron chi connectivity index (χ0n) is 14.4. The predicted octanol–water partition coefficient (Wildman–Crippen LogP) is 2.08. The van der Waals surface area contributed by atoms with E-state index in [0.29, 0.717) is 13.0 Å². The third-order valence-electron chi connectivity index (χ3n) is 3.96. The smallest absolute Gasteiger partial charge is 0.222 e. The van der Waals surface area contributed by atoms with Gasteiger partial charge in [0.1, 0.15) is 0 Å². The van der Waals surface area contributed by atoms with Crippen LogP contribution in [0.3, 0.4) is 0 Å². The Labute approximate surface area is 168 Å². The fraction of sp³-hybridized carbons (Fsp3) is 0.562. The second-order valence-corrected chi connectivity index (χ2v) is 6.66. The molecule has 1 aliphatic heterocycles. The van der Waals surface area contributed by atoms with Crippen molar-refractivity contribution in [1.82, 2.24) is 24.9 Å². The summed E-state index contributed by atoms with van der Waals surface area (Å²) in [6.07, 6.45) is 6.65. The molecule has 0 bridgehead atoms. The minimum atomic E-state index is 0. The SMILES string of the molecule is CCNC(=NCc1cn2ccsc2n1)NCCCN1CCCC1=O.I. The Kier molecular flexibility index (Phi) is 7.94. The van der Waals surface area contributed by atoms with Gasteiger partial charge >= 0.3 is 0 Å². The van der Waals surface area contributed by atoms with Crippen LogP contribution in [0.4, 0.5) is 0 Å². The first-order valence-electron chi connectivity index (χ1n) is 8.47. The zero-order chi connectivity index (χ0) is 16.8. The molecule has 1 aliphatic rings. The molecular formula is C16H25IN6OS. The molecule has 0 unspecified atom stereocenters. The highest BCUT2D eigenvalue weighted by Gasteiger charge is 2.18. The number of rotatable bonds is 7. The van der Waals surface area contributed by atoms with E-state index in [9.17, 15) is 4.79 Å². The molecule has 2 N–H and O–H groups in total. The van der Waals surface area contributed by atoms with E-state index < -0.39 is 0 Å². The lowest BCUT2D eigenvalue weighted by Gasteiger charge is -2.16. The number of fused-ring (bicyclic) bond motifs is 1. The summed E-state index contributed by atoms with van der Waals surface area (Å²) in [4.78, 5) is 23.6. The Morgan fingerprint density at radius 3 is 3.04 bits per heavy atom. The van der Waals surface area contributed by atoms with Crippen molar-refractivity contribution in [3.05, 3.63) is 23.5 Å². The zero-order valence-corrected chi connectivity index (χ0v) is 17.5. The van der Waals surface area contributed by atoms with Crippen molar-refractivity contribution in [3.8, 4) is 0 Å². The van der Waals surface area contributed by atoms with Crippen LogP contribution in [0.15, 0.2) is 22.8 Å². The number of imidazole rings is 1. The quantitative estimate of drug-likeness (QED) is 0.278. The second-order valence-electron chi connectivity index (χ2n) is 5.78. The summed E-state index contributed by atoms with van der Waals surface area (Å²) in [6, 6.07) is 0. The van der Waals surface area contributed by atoms with Gasteiger partial charge in [-0.25, -0.2) is 9.98 Å². The summed E-state index contributed by atoms with van der Waals surface area (Å²) in [7, 11) is 0. The largest absolute Gasteiger partial charge is 0.357 e. The van der Waals surface area contributed by atoms with Crippen LogP contribution in [-0.2, 0) is 11.3 Å². The molecule has 0 spiro atoms. The summed E-state index contributed by atoms with van der Waals surface area (Å²) in [5, 5.41) is 8.59. The van der Waals surface area contributed by atoms with Crippen molar-refractivity contribution in [2.24, 2.45) is 4.99 Å². The Morgan fingerprint density at radius 2 is 2.32 bits per heavy atom. The monoisotopic (exact) mass is 476 g/mol. The number of amides is 1. The third-order valence-corrected chi connectivity index (χ3v) is 4.73. The summed E-state index contributed by atoms with van der Waals surface area (Å²) < 4.78 is 2.02. The number of carbonyl (C=O) groups excluding carboxylic acids is 1. The minimum Gasteiger partial charge on any atom is -0.357 e. The molecule has 3 heterocycles. The second kappa shape index (κ2) is 9.95. The van der Waals surface area contributed by atoms with Gasteiger partial charge < -0.3 is 15.5 Å². The molecule has 0 aliphatic carbocycles. The third kappa shape index (κ3) is 5.56. The number of aromatic nitrogens is 2. The molecular weight excluding hydrogens is 451 g/mol. The highest BCUT2D eigenvalue weighted by Crippen LogP contribution is 2.12. The molecule has 1 amide bonds. The molecule has 25 heavy (non-hydrogen) atoms. The van der Waals surface area contributed by atoms with Gasteiger partial charge in [-0.1, -0.05) is 0 Å². The molecule has 2 aromatic rings. The first-order valence-corrected chi connectivity index (χ1v) is 9.35. The number of guanidine groups is 1. The highest BCUT2D eigenvalue weighted by molar-refractivity contribution is 14.0. The van der Waals surface area contributed by atoms with Gasteiger partial charge in [0.05, 0.1) is 12.2 Å². The number of halogens is 1. The number of thiazole rings is 1. The number of aliphatic imine (C=N–C) groups is 1. The van der Waals surface area contributed by atoms with E-state index in [-0.39, 0.29) is 29.9 Å². The Bertz CT molecular complexity index is 684. The molecule has 2 aromatic heterocycles. The van der Waals surface area contributed by atoms with Crippen molar-refractivity contribution < 1.29 is 4.79 Å². The number of nitrogens with one attached hydrogen (secondary N) is 2. The van der Waals surface area contributed by atoms with Crippen molar-refractivity contribution in [2.75, 3.05) is 26.2 Å². The molecule has 138 valence electrons. The van der Waals surface area contributed by atoms with E-state index in [2.05, 4.69) is 20.6 Å². The summed E-state index contributed by atoms with van der Waals surface area (Å²) in [5.74, 6) is 1.08. The average Bonchev–Trinajstić information content (AvgIpc) is 3.25. The molecule has 0 radical (unpaired) electrons. The lowest BCUT2D eigenvalue weighted by Crippen LogP contribution is -2.39. The van der Waals surface area contributed by atoms with E-state index in [1.807, 2.05) is 34.0 Å². The van der Waals surface area contributed by atoms with Crippen LogP contribution >= 0.6 is 35.3 Å². The van der Waals surface area contributed by atoms with Crippen LogP contribution in [0, 0.1) is 0 Å². The van der Waals surface area contributed by atoms with Gasteiger partial charge in [-0.3, -0.25) is 9.20 Å². The maximum absolute atomic E-state index is 11.6. The summed E-state index contributed by atoms with van der Waals surface area (Å²) in [5.41, 5.74) is 0.960. The van der Waals surface area contributed by atoms with Gasteiger partial charge in [-0.15, -0.1) is 35.3 Å². The van der Waals surface area contributed by atoms with Crippen molar-refractivity contribution in [3.63, 3.8) is 0 Å². The Morgan fingerprint density at radius 1 is 1.44 bits per heavy atom. The van der Waals surface area contributed by atoms with Crippen LogP contribution in [0.1, 0.15) is 31.9 Å². The van der Waals surface area contributed by atoms with E-state index in [4.69, 9.17) is 0 Å². The fourth-order valence-electron chi connectivity index (χ4n) is 2.77. The predicted molar refractivity (Wildman–Crippen MR) is 112 cm³/mol. The van der Waals surface area contributed by atoms with E-state index >= 15 is 0 Å². The van der Waals surface area contributed by atoms with Gasteiger partial charge in [0, 0.05) is 50.4 Å². The standard InChI is InChI=1S/C16H24N6OS.HI/c1-2-17-15(18-6-4-8-21-7-3-5-14(21)23)19-11-13-12-22-9-10-24-16(22)20-13;/h9-10,12H,2-8,11H2,1H3,(H2,17,18,19);1H. The van der Waals surface area contributed by atoms with E-state index in [1.165, 1.54) is 0 Å². The molecule has 3 rings (SSSR count). The lowest BCUT2D eigenvalue weighted by atomic mass is 10.4. The lowest BCUT2D eigenvalue weighted by molar-refractivity contribution is -0.127. The Hall–Kier alpha value is -1.36. The maximum atomic E-state index is 11.6. The van der Waals surface area contributed by atoms with Crippen molar-refractivity contribution in [2.45, 2.75) is 32.7 Å². The summed E-state index contributed by atoms with van der Waals surface area (Å²) in [6.45, 7) is 5.94. The first-order chi connectivity index (χ1) is 11.8. The molecule has 0 saturated carbocycles. The molecule has 0 atom stereocenters. The Balaban J connectivity index is 0.00000225. The van der Waals surface area contributed by atoms with E-state index in [1.54, 1.807) is 11.3 Å². The van der Waals surface area contributed by atoms with Crippen LogP contribution in [0.25, 0.3) is 4.96 Å². The van der Waals surface area contributed by atoms with Gasteiger partial charge in [0.2, 0.25) is 5.91 Å². The number of carbonyl (C=O) groups is 1. The van der Waals surface area contributed by atoms with Crippen LogP contribution < -0.4 is 10.6 Å². The highest BCUT2D eigenvalue weighted by atomic mass is 127.